The summed E-state index contributed by atoms with van der Waals surface area (Å²) in [6, 6.07) is 10.2. The molecule has 1 atom stereocenters. The Bertz CT molecular complexity index is 469. The summed E-state index contributed by atoms with van der Waals surface area (Å²) in [4.78, 5) is 0. The SMILES string of the molecule is CCS(=O)(=O)CCC(CNCC(C)C)c1ccccc1. The third kappa shape index (κ3) is 6.53. The van der Waals surface area contributed by atoms with E-state index in [1.165, 1.54) is 5.56 Å². The van der Waals surface area contributed by atoms with Gasteiger partial charge in [-0.15, -0.1) is 0 Å². The summed E-state index contributed by atoms with van der Waals surface area (Å²) in [5.41, 5.74) is 1.22. The van der Waals surface area contributed by atoms with Crippen LogP contribution in [0.1, 0.15) is 38.7 Å². The topological polar surface area (TPSA) is 46.2 Å². The summed E-state index contributed by atoms with van der Waals surface area (Å²) in [6.45, 7) is 7.85. The molecule has 4 heteroatoms. The van der Waals surface area contributed by atoms with E-state index in [-0.39, 0.29) is 17.4 Å². The molecule has 0 aliphatic carbocycles. The minimum absolute atomic E-state index is 0.230. The van der Waals surface area contributed by atoms with E-state index in [2.05, 4.69) is 31.3 Å². The summed E-state index contributed by atoms with van der Waals surface area (Å²) in [5, 5.41) is 3.44. The molecule has 0 aromatic heterocycles. The van der Waals surface area contributed by atoms with Crippen LogP contribution < -0.4 is 5.32 Å². The van der Waals surface area contributed by atoms with Gasteiger partial charge in [0.1, 0.15) is 9.84 Å². The molecule has 1 aromatic carbocycles. The molecule has 0 saturated heterocycles. The van der Waals surface area contributed by atoms with Crippen LogP contribution in [0.5, 0.6) is 0 Å². The second kappa shape index (κ2) is 8.42. The normalized spacial score (nSPS) is 13.6. The van der Waals surface area contributed by atoms with Crippen LogP contribution in [0.2, 0.25) is 0 Å². The average molecular weight is 297 g/mol. The summed E-state index contributed by atoms with van der Waals surface area (Å²) in [5.74, 6) is 1.36. The van der Waals surface area contributed by atoms with Crippen molar-refractivity contribution in [1.29, 1.82) is 0 Å². The van der Waals surface area contributed by atoms with Gasteiger partial charge in [-0.2, -0.15) is 0 Å². The molecule has 0 bridgehead atoms. The van der Waals surface area contributed by atoms with Crippen LogP contribution in [0.3, 0.4) is 0 Å². The Morgan fingerprint density at radius 3 is 2.30 bits per heavy atom. The van der Waals surface area contributed by atoms with Crippen molar-refractivity contribution in [3.8, 4) is 0 Å². The molecule has 0 heterocycles. The lowest BCUT2D eigenvalue weighted by atomic mass is 9.96. The first-order chi connectivity index (χ1) is 9.44. The Hall–Kier alpha value is -0.870. The van der Waals surface area contributed by atoms with Crippen LogP contribution in [0.15, 0.2) is 30.3 Å². The van der Waals surface area contributed by atoms with Crippen molar-refractivity contribution in [2.24, 2.45) is 5.92 Å². The van der Waals surface area contributed by atoms with Crippen molar-refractivity contribution < 1.29 is 8.42 Å². The van der Waals surface area contributed by atoms with Gasteiger partial charge in [0, 0.05) is 12.3 Å². The lowest BCUT2D eigenvalue weighted by molar-refractivity contribution is 0.507. The Morgan fingerprint density at radius 2 is 1.75 bits per heavy atom. The van der Waals surface area contributed by atoms with Crippen molar-refractivity contribution >= 4 is 9.84 Å². The molecule has 0 radical (unpaired) electrons. The number of rotatable bonds is 9. The first kappa shape index (κ1) is 17.2. The van der Waals surface area contributed by atoms with Gasteiger partial charge >= 0.3 is 0 Å². The summed E-state index contributed by atoms with van der Waals surface area (Å²) < 4.78 is 23.4. The third-order valence-electron chi connectivity index (χ3n) is 3.43. The second-order valence-corrected chi connectivity index (χ2v) is 8.16. The van der Waals surface area contributed by atoms with E-state index in [9.17, 15) is 8.42 Å². The van der Waals surface area contributed by atoms with Gasteiger partial charge in [0.05, 0.1) is 5.75 Å². The van der Waals surface area contributed by atoms with Crippen molar-refractivity contribution in [1.82, 2.24) is 5.32 Å². The monoisotopic (exact) mass is 297 g/mol. The lowest BCUT2D eigenvalue weighted by Crippen LogP contribution is -2.26. The average Bonchev–Trinajstić information content (AvgIpc) is 2.43. The highest BCUT2D eigenvalue weighted by Crippen LogP contribution is 2.19. The summed E-state index contributed by atoms with van der Waals surface area (Å²) in [6.07, 6.45) is 0.686. The Morgan fingerprint density at radius 1 is 1.10 bits per heavy atom. The molecule has 3 nitrogen and oxygen atoms in total. The second-order valence-electron chi connectivity index (χ2n) is 5.68. The first-order valence-corrected chi connectivity index (χ1v) is 9.23. The van der Waals surface area contributed by atoms with Gasteiger partial charge in [-0.25, -0.2) is 8.42 Å². The fourth-order valence-corrected chi connectivity index (χ4v) is 3.06. The van der Waals surface area contributed by atoms with E-state index < -0.39 is 9.84 Å². The standard InChI is InChI=1S/C16H27NO2S/c1-4-20(18,19)11-10-16(13-17-12-14(2)3)15-8-6-5-7-9-15/h5-9,14,16-17H,4,10-13H2,1-3H3. The number of benzene rings is 1. The molecule has 1 unspecified atom stereocenters. The van der Waals surface area contributed by atoms with Gasteiger partial charge in [-0.1, -0.05) is 51.1 Å². The fraction of sp³-hybridized carbons (Fsp3) is 0.625. The Balaban J connectivity index is 2.65. The van der Waals surface area contributed by atoms with Gasteiger partial charge in [0.25, 0.3) is 0 Å². The number of sulfone groups is 1. The maximum atomic E-state index is 11.7. The van der Waals surface area contributed by atoms with E-state index in [1.807, 2.05) is 18.2 Å². The Labute approximate surface area is 123 Å². The zero-order valence-corrected chi connectivity index (χ0v) is 13.6. The van der Waals surface area contributed by atoms with Gasteiger partial charge in [0.2, 0.25) is 0 Å². The van der Waals surface area contributed by atoms with Crippen LogP contribution in [0, 0.1) is 5.92 Å². The molecular weight excluding hydrogens is 270 g/mol. The van der Waals surface area contributed by atoms with E-state index in [0.717, 1.165) is 13.1 Å². The zero-order valence-electron chi connectivity index (χ0n) is 12.8. The third-order valence-corrected chi connectivity index (χ3v) is 5.17. The van der Waals surface area contributed by atoms with Gasteiger partial charge < -0.3 is 5.32 Å². The largest absolute Gasteiger partial charge is 0.316 e. The molecule has 1 aromatic rings. The molecule has 0 saturated carbocycles. The van der Waals surface area contributed by atoms with E-state index >= 15 is 0 Å². The van der Waals surface area contributed by atoms with E-state index in [0.29, 0.717) is 12.3 Å². The highest BCUT2D eigenvalue weighted by atomic mass is 32.2. The fourth-order valence-electron chi connectivity index (χ4n) is 2.12. The minimum atomic E-state index is -2.89. The van der Waals surface area contributed by atoms with Crippen LogP contribution >= 0.6 is 0 Å². The van der Waals surface area contributed by atoms with Crippen LogP contribution in [0.25, 0.3) is 0 Å². The number of hydrogen-bond acceptors (Lipinski definition) is 3. The molecule has 0 aliphatic heterocycles. The van der Waals surface area contributed by atoms with E-state index in [4.69, 9.17) is 0 Å². The first-order valence-electron chi connectivity index (χ1n) is 7.40. The smallest absolute Gasteiger partial charge is 0.150 e. The van der Waals surface area contributed by atoms with Crippen LogP contribution in [0.4, 0.5) is 0 Å². The lowest BCUT2D eigenvalue weighted by Gasteiger charge is -2.19. The molecule has 0 spiro atoms. The molecular formula is C16H27NO2S. The highest BCUT2D eigenvalue weighted by molar-refractivity contribution is 7.91. The molecule has 0 fully saturated rings. The summed E-state index contributed by atoms with van der Waals surface area (Å²) >= 11 is 0. The summed E-state index contributed by atoms with van der Waals surface area (Å²) in [7, 11) is -2.89. The van der Waals surface area contributed by atoms with E-state index in [1.54, 1.807) is 6.92 Å². The minimum Gasteiger partial charge on any atom is -0.316 e. The van der Waals surface area contributed by atoms with Gasteiger partial charge in [-0.05, 0) is 30.4 Å². The van der Waals surface area contributed by atoms with Gasteiger partial charge in [-0.3, -0.25) is 0 Å². The molecule has 20 heavy (non-hydrogen) atoms. The van der Waals surface area contributed by atoms with Crippen molar-refractivity contribution in [3.63, 3.8) is 0 Å². The number of hydrogen-bond donors (Lipinski definition) is 1. The zero-order chi connectivity index (χ0) is 15.0. The van der Waals surface area contributed by atoms with Crippen molar-refractivity contribution in [2.75, 3.05) is 24.6 Å². The van der Waals surface area contributed by atoms with Crippen molar-refractivity contribution in [2.45, 2.75) is 33.1 Å². The predicted molar refractivity (Wildman–Crippen MR) is 85.8 cm³/mol. The van der Waals surface area contributed by atoms with Gasteiger partial charge in [0.15, 0.2) is 0 Å². The molecule has 1 rings (SSSR count). The van der Waals surface area contributed by atoms with Crippen molar-refractivity contribution in [3.05, 3.63) is 35.9 Å². The number of nitrogens with one attached hydrogen (secondary N) is 1. The van der Waals surface area contributed by atoms with Crippen LogP contribution in [-0.2, 0) is 9.84 Å². The maximum absolute atomic E-state index is 11.7. The predicted octanol–water partition coefficient (Wildman–Crippen LogP) is 2.84. The molecule has 114 valence electrons. The maximum Gasteiger partial charge on any atom is 0.150 e. The quantitative estimate of drug-likeness (QED) is 0.762. The molecule has 0 amide bonds. The van der Waals surface area contributed by atoms with Crippen LogP contribution in [-0.4, -0.2) is 33.0 Å². The molecule has 0 aliphatic rings. The highest BCUT2D eigenvalue weighted by Gasteiger charge is 2.15. The molecule has 1 N–H and O–H groups in total. The Kier molecular flexibility index (Phi) is 7.24.